The molecule has 6 nitrogen and oxygen atoms in total. The van der Waals surface area contributed by atoms with Crippen LogP contribution in [0.4, 0.5) is 4.39 Å². The summed E-state index contributed by atoms with van der Waals surface area (Å²) in [5.74, 6) is -0.416. The molecular weight excluding hydrogens is 325 g/mol. The van der Waals surface area contributed by atoms with Gasteiger partial charge in [0.05, 0.1) is 19.8 Å². The first-order chi connectivity index (χ1) is 12.0. The monoisotopic (exact) mass is 353 g/mol. The quantitative estimate of drug-likeness (QED) is 0.693. The van der Waals surface area contributed by atoms with E-state index in [1.165, 1.54) is 6.07 Å². The number of benzene rings is 1. The van der Waals surface area contributed by atoms with Crippen molar-refractivity contribution >= 4 is 5.91 Å². The Bertz CT molecular complexity index is 548. The average Bonchev–Trinajstić information content (AvgIpc) is 2.61. The molecule has 1 N–H and O–H groups in total. The lowest BCUT2D eigenvalue weighted by atomic mass is 10.0. The standard InChI is InChI=1S/C18H28FN3O3/c1-20(2)17(15-5-3-4-6-16(15)19)18(24)22-9-7-21(8-10-22)11-13-25-14-12-23/h3-6,17,23H,7-14H2,1-2H3/t17-/m0/s1. The highest BCUT2D eigenvalue weighted by Crippen LogP contribution is 2.24. The summed E-state index contributed by atoms with van der Waals surface area (Å²) in [5, 5.41) is 8.70. The van der Waals surface area contributed by atoms with Gasteiger partial charge in [-0.15, -0.1) is 0 Å². The van der Waals surface area contributed by atoms with E-state index < -0.39 is 6.04 Å². The smallest absolute Gasteiger partial charge is 0.244 e. The van der Waals surface area contributed by atoms with Crippen molar-refractivity contribution in [2.45, 2.75) is 6.04 Å². The van der Waals surface area contributed by atoms with Gasteiger partial charge in [-0.2, -0.15) is 0 Å². The molecule has 1 amide bonds. The van der Waals surface area contributed by atoms with E-state index in [0.29, 0.717) is 31.9 Å². The fraction of sp³-hybridized carbons (Fsp3) is 0.611. The van der Waals surface area contributed by atoms with Crippen LogP contribution >= 0.6 is 0 Å². The Balaban J connectivity index is 1.92. The van der Waals surface area contributed by atoms with Gasteiger partial charge in [0.2, 0.25) is 5.91 Å². The molecule has 2 rings (SSSR count). The number of hydrogen-bond acceptors (Lipinski definition) is 5. The molecule has 0 unspecified atom stereocenters. The first kappa shape index (κ1) is 19.8. The van der Waals surface area contributed by atoms with Gasteiger partial charge < -0.3 is 14.7 Å². The van der Waals surface area contributed by atoms with Gasteiger partial charge >= 0.3 is 0 Å². The van der Waals surface area contributed by atoms with Gasteiger partial charge in [-0.05, 0) is 20.2 Å². The molecule has 1 aliphatic heterocycles. The lowest BCUT2D eigenvalue weighted by Gasteiger charge is -2.37. The molecule has 1 aliphatic rings. The third-order valence-electron chi connectivity index (χ3n) is 4.42. The van der Waals surface area contributed by atoms with Crippen molar-refractivity contribution in [3.63, 3.8) is 0 Å². The molecule has 1 aromatic rings. The highest BCUT2D eigenvalue weighted by Gasteiger charge is 2.31. The van der Waals surface area contributed by atoms with E-state index in [-0.39, 0.29) is 18.3 Å². The van der Waals surface area contributed by atoms with Crippen molar-refractivity contribution in [1.82, 2.24) is 14.7 Å². The average molecular weight is 353 g/mol. The molecule has 1 heterocycles. The minimum atomic E-state index is -0.611. The van der Waals surface area contributed by atoms with Crippen molar-refractivity contribution in [2.75, 3.05) is 66.6 Å². The van der Waals surface area contributed by atoms with Gasteiger partial charge in [-0.1, -0.05) is 18.2 Å². The van der Waals surface area contributed by atoms with Gasteiger partial charge in [-0.3, -0.25) is 14.6 Å². The van der Waals surface area contributed by atoms with Crippen LogP contribution in [0.3, 0.4) is 0 Å². The summed E-state index contributed by atoms with van der Waals surface area (Å²) in [6.07, 6.45) is 0. The molecule has 140 valence electrons. The topological polar surface area (TPSA) is 56.3 Å². The maximum absolute atomic E-state index is 14.2. The SMILES string of the molecule is CN(C)[C@H](C(=O)N1CCN(CCOCCO)CC1)c1ccccc1F. The first-order valence-corrected chi connectivity index (χ1v) is 8.65. The molecule has 25 heavy (non-hydrogen) atoms. The summed E-state index contributed by atoms with van der Waals surface area (Å²) < 4.78 is 19.4. The Kier molecular flexibility index (Phi) is 7.77. The molecule has 1 saturated heterocycles. The molecule has 1 fully saturated rings. The van der Waals surface area contributed by atoms with E-state index in [1.54, 1.807) is 37.2 Å². The van der Waals surface area contributed by atoms with E-state index in [2.05, 4.69) is 4.90 Å². The maximum Gasteiger partial charge on any atom is 0.244 e. The Labute approximate surface area is 148 Å². The predicted molar refractivity (Wildman–Crippen MR) is 93.8 cm³/mol. The number of aliphatic hydroxyl groups is 1. The van der Waals surface area contributed by atoms with Crippen LogP contribution in [0.1, 0.15) is 11.6 Å². The van der Waals surface area contributed by atoms with Gasteiger partial charge in [0.25, 0.3) is 0 Å². The molecule has 0 radical (unpaired) electrons. The van der Waals surface area contributed by atoms with E-state index in [4.69, 9.17) is 9.84 Å². The molecule has 7 heteroatoms. The molecule has 0 aromatic heterocycles. The minimum absolute atomic E-state index is 0.0320. The predicted octanol–water partition coefficient (Wildman–Crippen LogP) is 0.582. The van der Waals surface area contributed by atoms with Crippen LogP contribution in [0, 0.1) is 5.82 Å². The van der Waals surface area contributed by atoms with Gasteiger partial charge in [-0.25, -0.2) is 4.39 Å². The molecule has 0 spiro atoms. The highest BCUT2D eigenvalue weighted by molar-refractivity contribution is 5.83. The van der Waals surface area contributed by atoms with Crippen molar-refractivity contribution in [3.8, 4) is 0 Å². The number of hydrogen-bond donors (Lipinski definition) is 1. The van der Waals surface area contributed by atoms with Crippen LogP contribution < -0.4 is 0 Å². The van der Waals surface area contributed by atoms with Crippen molar-refractivity contribution < 1.29 is 19.0 Å². The van der Waals surface area contributed by atoms with Gasteiger partial charge in [0.15, 0.2) is 0 Å². The fourth-order valence-corrected chi connectivity index (χ4v) is 3.05. The lowest BCUT2D eigenvalue weighted by molar-refractivity contribution is -0.138. The second-order valence-electron chi connectivity index (χ2n) is 6.39. The minimum Gasteiger partial charge on any atom is -0.394 e. The number of rotatable bonds is 8. The third-order valence-corrected chi connectivity index (χ3v) is 4.42. The summed E-state index contributed by atoms with van der Waals surface area (Å²) in [4.78, 5) is 18.7. The van der Waals surface area contributed by atoms with Gasteiger partial charge in [0, 0.05) is 38.3 Å². The fourth-order valence-electron chi connectivity index (χ4n) is 3.05. The van der Waals surface area contributed by atoms with E-state index in [1.807, 2.05) is 4.90 Å². The molecule has 1 atom stereocenters. The number of halogens is 1. The Hall–Kier alpha value is -1.54. The number of likely N-dealkylation sites (N-methyl/N-ethyl adjacent to an activating group) is 1. The second-order valence-corrected chi connectivity index (χ2v) is 6.39. The molecule has 1 aromatic carbocycles. The van der Waals surface area contributed by atoms with E-state index in [0.717, 1.165) is 19.6 Å². The number of amides is 1. The number of aliphatic hydroxyl groups excluding tert-OH is 1. The number of carbonyl (C=O) groups excluding carboxylic acids is 1. The second kappa shape index (κ2) is 9.82. The number of piperazine rings is 1. The van der Waals surface area contributed by atoms with Crippen LogP contribution in [-0.2, 0) is 9.53 Å². The number of ether oxygens (including phenoxy) is 1. The third kappa shape index (κ3) is 5.47. The Morgan fingerprint density at radius 2 is 1.92 bits per heavy atom. The summed E-state index contributed by atoms with van der Waals surface area (Å²) in [7, 11) is 3.59. The van der Waals surface area contributed by atoms with Crippen LogP contribution in [0.2, 0.25) is 0 Å². The van der Waals surface area contributed by atoms with Crippen LogP contribution in [0.15, 0.2) is 24.3 Å². The lowest BCUT2D eigenvalue weighted by Crippen LogP contribution is -2.52. The maximum atomic E-state index is 14.2. The van der Waals surface area contributed by atoms with E-state index >= 15 is 0 Å². The highest BCUT2D eigenvalue weighted by atomic mass is 19.1. The zero-order chi connectivity index (χ0) is 18.2. The Morgan fingerprint density at radius 1 is 1.24 bits per heavy atom. The van der Waals surface area contributed by atoms with Gasteiger partial charge in [0.1, 0.15) is 11.9 Å². The summed E-state index contributed by atoms with van der Waals surface area (Å²) in [5.41, 5.74) is 0.414. The molecule has 0 aliphatic carbocycles. The number of carbonyl (C=O) groups is 1. The zero-order valence-electron chi connectivity index (χ0n) is 15.0. The molecular formula is C18H28FN3O3. The molecule has 0 bridgehead atoms. The summed E-state index contributed by atoms with van der Waals surface area (Å²) in [6, 6.07) is 5.84. The van der Waals surface area contributed by atoms with Crippen molar-refractivity contribution in [2.24, 2.45) is 0 Å². The number of nitrogens with zero attached hydrogens (tertiary/aromatic N) is 3. The largest absolute Gasteiger partial charge is 0.394 e. The van der Waals surface area contributed by atoms with E-state index in [9.17, 15) is 9.18 Å². The zero-order valence-corrected chi connectivity index (χ0v) is 15.0. The first-order valence-electron chi connectivity index (χ1n) is 8.65. The van der Waals surface area contributed by atoms with Crippen LogP contribution in [0.5, 0.6) is 0 Å². The van der Waals surface area contributed by atoms with Crippen LogP contribution in [-0.4, -0.2) is 92.4 Å². The summed E-state index contributed by atoms with van der Waals surface area (Å²) in [6.45, 7) is 4.53. The van der Waals surface area contributed by atoms with Crippen LogP contribution in [0.25, 0.3) is 0 Å². The molecule has 0 saturated carbocycles. The summed E-state index contributed by atoms with van der Waals surface area (Å²) >= 11 is 0. The van der Waals surface area contributed by atoms with Crippen molar-refractivity contribution in [3.05, 3.63) is 35.6 Å². The normalized spacial score (nSPS) is 17.1. The van der Waals surface area contributed by atoms with Crippen molar-refractivity contribution in [1.29, 1.82) is 0 Å². The Morgan fingerprint density at radius 3 is 2.52 bits per heavy atom.